The van der Waals surface area contributed by atoms with Gasteiger partial charge in [0.05, 0.1) is 11.5 Å². The number of allylic oxidation sites excluding steroid dienone is 1. The molecule has 2 nitrogen and oxygen atoms in total. The molecular weight excluding hydrogens is 124 g/mol. The summed E-state index contributed by atoms with van der Waals surface area (Å²) in [5, 5.41) is 0. The van der Waals surface area contributed by atoms with Gasteiger partial charge in [0.25, 0.3) is 0 Å². The first-order chi connectivity index (χ1) is 3.71. The van der Waals surface area contributed by atoms with E-state index in [1.165, 1.54) is 0 Å². The van der Waals surface area contributed by atoms with Gasteiger partial charge in [0, 0.05) is 0 Å². The van der Waals surface area contributed by atoms with Crippen LogP contribution in [-0.2, 0) is 9.84 Å². The second-order valence-electron chi connectivity index (χ2n) is 1.87. The summed E-state index contributed by atoms with van der Waals surface area (Å²) >= 11 is 0. The molecule has 0 unspecified atom stereocenters. The van der Waals surface area contributed by atoms with Crippen molar-refractivity contribution >= 4 is 9.84 Å². The fourth-order valence-corrected chi connectivity index (χ4v) is 1.75. The van der Waals surface area contributed by atoms with Gasteiger partial charge in [-0.25, -0.2) is 8.42 Å². The van der Waals surface area contributed by atoms with Crippen LogP contribution in [0.2, 0.25) is 0 Å². The van der Waals surface area contributed by atoms with Crippen molar-refractivity contribution in [2.45, 2.75) is 6.42 Å². The highest BCUT2D eigenvalue weighted by atomic mass is 32.2. The molecule has 0 spiro atoms. The van der Waals surface area contributed by atoms with Crippen LogP contribution >= 0.6 is 0 Å². The van der Waals surface area contributed by atoms with Gasteiger partial charge in [0.15, 0.2) is 9.84 Å². The summed E-state index contributed by atoms with van der Waals surface area (Å²) in [5.41, 5.74) is 0. The molecule has 0 amide bonds. The minimum atomic E-state index is -2.67. The molecule has 1 aliphatic rings. The highest BCUT2D eigenvalue weighted by Gasteiger charge is 2.09. The van der Waals surface area contributed by atoms with Crippen molar-refractivity contribution in [3.8, 4) is 0 Å². The van der Waals surface area contributed by atoms with E-state index >= 15 is 0 Å². The Morgan fingerprint density at radius 2 is 2.00 bits per heavy atom. The predicted octanol–water partition coefficient (Wildman–Crippen LogP) is 0.361. The molecule has 46 valence electrons. The van der Waals surface area contributed by atoms with Crippen molar-refractivity contribution in [1.29, 1.82) is 0 Å². The van der Waals surface area contributed by atoms with Crippen molar-refractivity contribution in [1.82, 2.24) is 0 Å². The maximum atomic E-state index is 10.6. The van der Waals surface area contributed by atoms with Crippen molar-refractivity contribution in [2.75, 3.05) is 11.5 Å². The third-order valence-corrected chi connectivity index (χ3v) is 2.67. The number of hydrogen-bond donors (Lipinski definition) is 0. The van der Waals surface area contributed by atoms with Crippen LogP contribution in [0.4, 0.5) is 0 Å². The molecule has 0 aromatic rings. The molecule has 8 heavy (non-hydrogen) atoms. The third kappa shape index (κ3) is 1.33. The molecule has 0 aromatic carbocycles. The molecule has 0 N–H and O–H groups in total. The van der Waals surface area contributed by atoms with E-state index in [1.54, 1.807) is 6.08 Å². The molecule has 0 aromatic heterocycles. The number of hydrogen-bond acceptors (Lipinski definition) is 2. The maximum absolute atomic E-state index is 10.6. The Morgan fingerprint density at radius 3 is 2.25 bits per heavy atom. The Balaban J connectivity index is 2.79. The lowest BCUT2D eigenvalue weighted by molar-refractivity contribution is 0.597. The Hall–Kier alpha value is -0.310. The van der Waals surface area contributed by atoms with E-state index < -0.39 is 9.84 Å². The van der Waals surface area contributed by atoms with Gasteiger partial charge in [-0.1, -0.05) is 12.2 Å². The SMILES string of the molecule is O=S1(=O)CC=CCC1. The molecule has 0 bridgehead atoms. The van der Waals surface area contributed by atoms with Gasteiger partial charge in [0.2, 0.25) is 0 Å². The Morgan fingerprint density at radius 1 is 1.25 bits per heavy atom. The zero-order valence-corrected chi connectivity index (χ0v) is 5.32. The molecule has 0 atom stereocenters. The third-order valence-electron chi connectivity index (χ3n) is 1.11. The lowest BCUT2D eigenvalue weighted by Gasteiger charge is -2.01. The summed E-state index contributed by atoms with van der Waals surface area (Å²) in [4.78, 5) is 0. The van der Waals surface area contributed by atoms with Crippen LogP contribution in [0.15, 0.2) is 12.2 Å². The van der Waals surface area contributed by atoms with Gasteiger partial charge in [-0.2, -0.15) is 0 Å². The zero-order valence-electron chi connectivity index (χ0n) is 4.50. The fourth-order valence-electron chi connectivity index (χ4n) is 0.663. The Kier molecular flexibility index (Phi) is 1.38. The molecule has 1 aliphatic heterocycles. The number of rotatable bonds is 0. The van der Waals surface area contributed by atoms with E-state index in [0.29, 0.717) is 12.2 Å². The molecule has 0 fully saturated rings. The fraction of sp³-hybridized carbons (Fsp3) is 0.600. The van der Waals surface area contributed by atoms with Crippen LogP contribution in [0, 0.1) is 0 Å². The summed E-state index contributed by atoms with van der Waals surface area (Å²) in [6, 6.07) is 0. The van der Waals surface area contributed by atoms with Crippen LogP contribution < -0.4 is 0 Å². The zero-order chi connectivity index (χ0) is 6.04. The van der Waals surface area contributed by atoms with Gasteiger partial charge in [-0.15, -0.1) is 0 Å². The highest BCUT2D eigenvalue weighted by molar-refractivity contribution is 7.91. The first kappa shape index (κ1) is 5.82. The van der Waals surface area contributed by atoms with Crippen LogP contribution in [-0.4, -0.2) is 19.9 Å². The van der Waals surface area contributed by atoms with E-state index in [1.807, 2.05) is 6.08 Å². The van der Waals surface area contributed by atoms with E-state index in [-0.39, 0.29) is 5.75 Å². The van der Waals surface area contributed by atoms with Crippen LogP contribution in [0.25, 0.3) is 0 Å². The minimum Gasteiger partial charge on any atom is -0.229 e. The molecular formula is C5H8O2S. The maximum Gasteiger partial charge on any atom is 0.154 e. The molecule has 0 radical (unpaired) electrons. The van der Waals surface area contributed by atoms with E-state index in [2.05, 4.69) is 0 Å². The summed E-state index contributed by atoms with van der Waals surface area (Å²) in [6.45, 7) is 0. The Bertz CT molecular complexity index is 188. The van der Waals surface area contributed by atoms with Crippen LogP contribution in [0.5, 0.6) is 0 Å². The highest BCUT2D eigenvalue weighted by Crippen LogP contribution is 2.01. The van der Waals surface area contributed by atoms with Crippen LogP contribution in [0.1, 0.15) is 6.42 Å². The van der Waals surface area contributed by atoms with Crippen molar-refractivity contribution in [3.05, 3.63) is 12.2 Å². The van der Waals surface area contributed by atoms with Gasteiger partial charge >= 0.3 is 0 Å². The van der Waals surface area contributed by atoms with Gasteiger partial charge in [-0.3, -0.25) is 0 Å². The molecule has 0 saturated heterocycles. The largest absolute Gasteiger partial charge is 0.229 e. The van der Waals surface area contributed by atoms with Gasteiger partial charge in [-0.05, 0) is 6.42 Å². The molecule has 0 saturated carbocycles. The second kappa shape index (κ2) is 1.90. The summed E-state index contributed by atoms with van der Waals surface area (Å²) in [5.74, 6) is 0.580. The summed E-state index contributed by atoms with van der Waals surface area (Å²) in [7, 11) is -2.67. The van der Waals surface area contributed by atoms with E-state index in [0.717, 1.165) is 0 Å². The van der Waals surface area contributed by atoms with E-state index in [9.17, 15) is 8.42 Å². The minimum absolute atomic E-state index is 0.243. The lowest BCUT2D eigenvalue weighted by Crippen LogP contribution is -2.11. The normalized spacial score (nSPS) is 25.5. The van der Waals surface area contributed by atoms with Crippen molar-refractivity contribution in [2.24, 2.45) is 0 Å². The standard InChI is InChI=1S/C5H8O2S/c6-8(7)4-2-1-3-5-8/h1-2H,3-5H2. The van der Waals surface area contributed by atoms with Gasteiger partial charge in [0.1, 0.15) is 0 Å². The second-order valence-corrected chi connectivity index (χ2v) is 4.10. The monoisotopic (exact) mass is 132 g/mol. The molecule has 1 rings (SSSR count). The summed E-state index contributed by atoms with van der Waals surface area (Å²) < 4.78 is 21.2. The first-order valence-electron chi connectivity index (χ1n) is 2.56. The van der Waals surface area contributed by atoms with Crippen molar-refractivity contribution < 1.29 is 8.42 Å². The average Bonchev–Trinajstić information content (AvgIpc) is 1.65. The topological polar surface area (TPSA) is 34.1 Å². The average molecular weight is 132 g/mol. The molecule has 0 aliphatic carbocycles. The quantitative estimate of drug-likeness (QED) is 0.446. The van der Waals surface area contributed by atoms with Crippen molar-refractivity contribution in [3.63, 3.8) is 0 Å². The molecule has 3 heteroatoms. The lowest BCUT2D eigenvalue weighted by atomic mass is 10.4. The van der Waals surface area contributed by atoms with E-state index in [4.69, 9.17) is 0 Å². The van der Waals surface area contributed by atoms with Gasteiger partial charge < -0.3 is 0 Å². The summed E-state index contributed by atoms with van der Waals surface area (Å²) in [6.07, 6.45) is 4.31. The smallest absolute Gasteiger partial charge is 0.154 e. The first-order valence-corrected chi connectivity index (χ1v) is 4.38. The van der Waals surface area contributed by atoms with Crippen LogP contribution in [0.3, 0.4) is 0 Å². The molecule has 1 heterocycles. The Labute approximate surface area is 49.1 Å². The number of sulfone groups is 1. The predicted molar refractivity (Wildman–Crippen MR) is 32.4 cm³/mol.